The van der Waals surface area contributed by atoms with Gasteiger partial charge >= 0.3 is 0 Å². The van der Waals surface area contributed by atoms with Crippen molar-refractivity contribution in [1.82, 2.24) is 10.3 Å². The van der Waals surface area contributed by atoms with Crippen LogP contribution in [0.4, 0.5) is 0 Å². The number of nitrogens with zero attached hydrogens (tertiary/aromatic N) is 1. The maximum absolute atomic E-state index is 6.16. The number of hydrogen-bond donors (Lipinski definition) is 1. The molecule has 0 amide bonds. The third-order valence-corrected chi connectivity index (χ3v) is 3.21. The highest BCUT2D eigenvalue weighted by molar-refractivity contribution is 6.30. The van der Waals surface area contributed by atoms with Gasteiger partial charge in [0.1, 0.15) is 5.15 Å². The van der Waals surface area contributed by atoms with Gasteiger partial charge in [-0.3, -0.25) is 0 Å². The van der Waals surface area contributed by atoms with Crippen LogP contribution in [0.25, 0.3) is 10.9 Å². The van der Waals surface area contributed by atoms with Crippen molar-refractivity contribution in [2.24, 2.45) is 0 Å². The number of fused-ring (bicyclic) bond motifs is 1. The first-order chi connectivity index (χ1) is 7.34. The van der Waals surface area contributed by atoms with Crippen LogP contribution in [0.2, 0.25) is 5.15 Å². The molecule has 1 aromatic heterocycles. The molecule has 0 aliphatic carbocycles. The van der Waals surface area contributed by atoms with Gasteiger partial charge in [0.25, 0.3) is 0 Å². The zero-order valence-electron chi connectivity index (χ0n) is 8.20. The molecule has 1 N–H and O–H groups in total. The third-order valence-electron chi connectivity index (χ3n) is 2.90. The Kier molecular flexibility index (Phi) is 2.11. The fraction of sp³-hybridized carbons (Fsp3) is 0.250. The molecule has 0 spiro atoms. The van der Waals surface area contributed by atoms with Crippen LogP contribution in [-0.4, -0.2) is 11.5 Å². The SMILES string of the molecule is Clc1nc2ccccc2cc1C1CCN1. The molecule has 2 nitrogen and oxygen atoms in total. The number of aromatic nitrogens is 1. The summed E-state index contributed by atoms with van der Waals surface area (Å²) in [6.45, 7) is 1.08. The molecule has 0 saturated carbocycles. The van der Waals surface area contributed by atoms with Gasteiger partial charge in [-0.15, -0.1) is 0 Å². The van der Waals surface area contributed by atoms with Crippen molar-refractivity contribution in [3.05, 3.63) is 41.0 Å². The zero-order valence-corrected chi connectivity index (χ0v) is 8.96. The monoisotopic (exact) mass is 218 g/mol. The summed E-state index contributed by atoms with van der Waals surface area (Å²) < 4.78 is 0. The lowest BCUT2D eigenvalue weighted by Gasteiger charge is -2.28. The first kappa shape index (κ1) is 9.13. The minimum Gasteiger partial charge on any atom is -0.310 e. The molecule has 2 heterocycles. The van der Waals surface area contributed by atoms with E-state index in [4.69, 9.17) is 11.6 Å². The van der Waals surface area contributed by atoms with E-state index >= 15 is 0 Å². The summed E-state index contributed by atoms with van der Waals surface area (Å²) in [5, 5.41) is 5.13. The molecule has 1 aliphatic heterocycles. The van der Waals surface area contributed by atoms with Crippen molar-refractivity contribution in [3.63, 3.8) is 0 Å². The highest BCUT2D eigenvalue weighted by Crippen LogP contribution is 2.30. The van der Waals surface area contributed by atoms with Crippen LogP contribution in [0.15, 0.2) is 30.3 Å². The molecule has 3 rings (SSSR count). The number of para-hydroxylation sites is 1. The lowest BCUT2D eigenvalue weighted by molar-refractivity contribution is 0.383. The smallest absolute Gasteiger partial charge is 0.134 e. The Bertz CT molecular complexity index is 506. The highest BCUT2D eigenvalue weighted by atomic mass is 35.5. The van der Waals surface area contributed by atoms with Crippen LogP contribution in [-0.2, 0) is 0 Å². The van der Waals surface area contributed by atoms with E-state index in [1.807, 2.05) is 18.2 Å². The Labute approximate surface area is 93.3 Å². The molecule has 1 aliphatic rings. The van der Waals surface area contributed by atoms with Crippen LogP contribution in [0.5, 0.6) is 0 Å². The number of halogens is 1. The van der Waals surface area contributed by atoms with Gasteiger partial charge in [0.15, 0.2) is 0 Å². The second-order valence-corrected chi connectivity index (χ2v) is 4.21. The summed E-state index contributed by atoms with van der Waals surface area (Å²) in [5.41, 5.74) is 2.09. The van der Waals surface area contributed by atoms with Gasteiger partial charge in [-0.1, -0.05) is 29.8 Å². The number of pyridine rings is 1. The topological polar surface area (TPSA) is 24.9 Å². The van der Waals surface area contributed by atoms with E-state index in [-0.39, 0.29) is 0 Å². The molecule has 1 saturated heterocycles. The molecule has 15 heavy (non-hydrogen) atoms. The van der Waals surface area contributed by atoms with Crippen molar-refractivity contribution in [1.29, 1.82) is 0 Å². The Morgan fingerprint density at radius 3 is 2.87 bits per heavy atom. The summed E-state index contributed by atoms with van der Waals surface area (Å²) in [7, 11) is 0. The normalized spacial score (nSPS) is 20.2. The zero-order chi connectivity index (χ0) is 10.3. The van der Waals surface area contributed by atoms with E-state index in [1.165, 1.54) is 0 Å². The minimum atomic E-state index is 0.398. The molecule has 1 atom stereocenters. The summed E-state index contributed by atoms with van der Waals surface area (Å²) in [6.07, 6.45) is 1.15. The van der Waals surface area contributed by atoms with Gasteiger partial charge in [0, 0.05) is 17.0 Å². The van der Waals surface area contributed by atoms with Gasteiger partial charge in [0.05, 0.1) is 5.52 Å². The van der Waals surface area contributed by atoms with Gasteiger partial charge in [-0.05, 0) is 25.1 Å². The summed E-state index contributed by atoms with van der Waals surface area (Å²) in [6, 6.07) is 10.6. The summed E-state index contributed by atoms with van der Waals surface area (Å²) >= 11 is 6.16. The lowest BCUT2D eigenvalue weighted by atomic mass is 9.98. The summed E-state index contributed by atoms with van der Waals surface area (Å²) in [4.78, 5) is 4.40. The maximum atomic E-state index is 6.16. The van der Waals surface area contributed by atoms with Gasteiger partial charge in [-0.2, -0.15) is 0 Å². The Morgan fingerprint density at radius 2 is 2.13 bits per heavy atom. The van der Waals surface area contributed by atoms with Crippen LogP contribution in [0, 0.1) is 0 Å². The van der Waals surface area contributed by atoms with Gasteiger partial charge in [0.2, 0.25) is 0 Å². The molecule has 3 heteroatoms. The summed E-state index contributed by atoms with van der Waals surface area (Å²) in [5.74, 6) is 0. The molecule has 1 unspecified atom stereocenters. The molecular formula is C12H11ClN2. The second-order valence-electron chi connectivity index (χ2n) is 3.86. The van der Waals surface area contributed by atoms with Crippen molar-refractivity contribution in [2.75, 3.05) is 6.54 Å². The van der Waals surface area contributed by atoms with E-state index in [2.05, 4.69) is 22.4 Å². The quantitative estimate of drug-likeness (QED) is 0.745. The van der Waals surface area contributed by atoms with Crippen molar-refractivity contribution in [3.8, 4) is 0 Å². The fourth-order valence-corrected chi connectivity index (χ4v) is 2.18. The first-order valence-corrected chi connectivity index (χ1v) is 5.51. The number of benzene rings is 1. The minimum absolute atomic E-state index is 0.398. The van der Waals surface area contributed by atoms with Crippen molar-refractivity contribution < 1.29 is 0 Å². The fourth-order valence-electron chi connectivity index (χ4n) is 1.91. The van der Waals surface area contributed by atoms with Gasteiger partial charge in [-0.25, -0.2) is 4.98 Å². The molecule has 1 fully saturated rings. The number of nitrogens with one attached hydrogen (secondary N) is 1. The Morgan fingerprint density at radius 1 is 1.33 bits per heavy atom. The van der Waals surface area contributed by atoms with E-state index < -0.39 is 0 Å². The first-order valence-electron chi connectivity index (χ1n) is 5.13. The van der Waals surface area contributed by atoms with Crippen LogP contribution >= 0.6 is 11.6 Å². The van der Waals surface area contributed by atoms with Crippen molar-refractivity contribution >= 4 is 22.5 Å². The van der Waals surface area contributed by atoms with Gasteiger partial charge < -0.3 is 5.32 Å². The van der Waals surface area contributed by atoms with Crippen LogP contribution in [0.1, 0.15) is 18.0 Å². The molecule has 0 radical (unpaired) electrons. The average molecular weight is 219 g/mol. The standard InChI is InChI=1S/C12H11ClN2/c13-12-9(11-5-6-14-11)7-8-3-1-2-4-10(8)15-12/h1-4,7,11,14H,5-6H2. The van der Waals surface area contributed by atoms with E-state index in [1.54, 1.807) is 0 Å². The third kappa shape index (κ3) is 1.50. The highest BCUT2D eigenvalue weighted by Gasteiger charge is 2.21. The molecular weight excluding hydrogens is 208 g/mol. The largest absolute Gasteiger partial charge is 0.310 e. The average Bonchev–Trinajstić information content (AvgIpc) is 2.16. The lowest BCUT2D eigenvalue weighted by Crippen LogP contribution is -2.35. The predicted molar refractivity (Wildman–Crippen MR) is 62.1 cm³/mol. The Balaban J connectivity index is 2.17. The number of hydrogen-bond acceptors (Lipinski definition) is 2. The second kappa shape index (κ2) is 3.47. The maximum Gasteiger partial charge on any atom is 0.134 e. The number of rotatable bonds is 1. The van der Waals surface area contributed by atoms with Crippen molar-refractivity contribution in [2.45, 2.75) is 12.5 Å². The predicted octanol–water partition coefficient (Wildman–Crippen LogP) is 2.92. The Hall–Kier alpha value is -1.12. The van der Waals surface area contributed by atoms with Crippen LogP contribution < -0.4 is 5.32 Å². The molecule has 2 aromatic rings. The molecule has 1 aromatic carbocycles. The molecule has 76 valence electrons. The van der Waals surface area contributed by atoms with Crippen LogP contribution in [0.3, 0.4) is 0 Å². The molecule has 0 bridgehead atoms. The van der Waals surface area contributed by atoms with E-state index in [0.717, 1.165) is 29.4 Å². The van der Waals surface area contributed by atoms with E-state index in [9.17, 15) is 0 Å². The van der Waals surface area contributed by atoms with E-state index in [0.29, 0.717) is 11.2 Å².